The topological polar surface area (TPSA) is 98.1 Å². The monoisotopic (exact) mass is 483 g/mol. The van der Waals surface area contributed by atoms with E-state index in [-0.39, 0.29) is 17.0 Å². The van der Waals surface area contributed by atoms with Gasteiger partial charge in [0.1, 0.15) is 10.5 Å². The van der Waals surface area contributed by atoms with Crippen molar-refractivity contribution in [2.45, 2.75) is 5.92 Å². The number of carbonyl (C=O) groups excluding carboxylic acids is 1. The van der Waals surface area contributed by atoms with Crippen LogP contribution in [0.4, 0.5) is 0 Å². The summed E-state index contributed by atoms with van der Waals surface area (Å²) in [6.45, 7) is 0. The number of nitriles is 1. The van der Waals surface area contributed by atoms with E-state index >= 15 is 0 Å². The quantitative estimate of drug-likeness (QED) is 0.577. The van der Waals surface area contributed by atoms with E-state index in [1.807, 2.05) is 0 Å². The summed E-state index contributed by atoms with van der Waals surface area (Å²) >= 11 is 13.1. The Labute approximate surface area is 196 Å². The fourth-order valence-electron chi connectivity index (χ4n) is 3.56. The third kappa shape index (κ3) is 3.73. The van der Waals surface area contributed by atoms with Crippen LogP contribution in [0.15, 0.2) is 58.9 Å². The Morgan fingerprint density at radius 1 is 1.16 bits per heavy atom. The van der Waals surface area contributed by atoms with Crippen molar-refractivity contribution in [1.29, 1.82) is 5.26 Å². The Kier molecular flexibility index (Phi) is 5.94. The maximum absolute atomic E-state index is 13.2. The molecule has 0 amide bonds. The van der Waals surface area contributed by atoms with E-state index in [0.717, 1.165) is 16.9 Å². The number of aromatic nitrogens is 1. The van der Waals surface area contributed by atoms with Gasteiger partial charge in [-0.3, -0.25) is 9.36 Å². The minimum atomic E-state index is -0.800. The molecule has 2 aromatic carbocycles. The second kappa shape index (κ2) is 8.67. The SMILES string of the molecule is COC(=O)C1=C(N)n2c(sc(=Cc3ccc(Cl)cc3)c2=O)=C(C#N)C1c1ccc(Cl)cc1. The zero-order chi connectivity index (χ0) is 23.0. The molecule has 1 atom stereocenters. The van der Waals surface area contributed by atoms with Crippen LogP contribution in [0, 0.1) is 11.3 Å². The lowest BCUT2D eigenvalue weighted by Gasteiger charge is -2.24. The molecule has 0 spiro atoms. The van der Waals surface area contributed by atoms with Gasteiger partial charge < -0.3 is 10.5 Å². The molecule has 0 radical (unpaired) electrons. The van der Waals surface area contributed by atoms with Crippen molar-refractivity contribution < 1.29 is 9.53 Å². The number of carbonyl (C=O) groups is 1. The summed E-state index contributed by atoms with van der Waals surface area (Å²) in [6, 6.07) is 15.9. The number of nitrogens with zero attached hydrogens (tertiary/aromatic N) is 2. The Bertz CT molecular complexity index is 1480. The zero-order valence-corrected chi connectivity index (χ0v) is 19.0. The maximum Gasteiger partial charge on any atom is 0.338 e. The van der Waals surface area contributed by atoms with Gasteiger partial charge in [0.15, 0.2) is 0 Å². The third-order valence-corrected chi connectivity index (χ3v) is 6.66. The van der Waals surface area contributed by atoms with Gasteiger partial charge in [-0.25, -0.2) is 4.79 Å². The summed E-state index contributed by atoms with van der Waals surface area (Å²) in [4.78, 5) is 25.9. The van der Waals surface area contributed by atoms with E-state index in [1.165, 1.54) is 11.7 Å². The first-order valence-corrected chi connectivity index (χ1v) is 10.9. The van der Waals surface area contributed by atoms with Gasteiger partial charge in [0.05, 0.1) is 34.8 Å². The van der Waals surface area contributed by atoms with Gasteiger partial charge in [-0.05, 0) is 41.5 Å². The number of thiazole rings is 1. The summed E-state index contributed by atoms with van der Waals surface area (Å²) in [5.74, 6) is -1.59. The molecule has 32 heavy (non-hydrogen) atoms. The van der Waals surface area contributed by atoms with Crippen LogP contribution >= 0.6 is 34.5 Å². The number of benzene rings is 2. The van der Waals surface area contributed by atoms with Gasteiger partial charge in [-0.2, -0.15) is 5.26 Å². The van der Waals surface area contributed by atoms with Gasteiger partial charge in [0.25, 0.3) is 5.56 Å². The van der Waals surface area contributed by atoms with Crippen LogP contribution in [-0.4, -0.2) is 17.6 Å². The highest BCUT2D eigenvalue weighted by Gasteiger charge is 2.36. The first kappa shape index (κ1) is 21.9. The number of halogens is 2. The number of rotatable bonds is 3. The van der Waals surface area contributed by atoms with Crippen LogP contribution in [0.5, 0.6) is 0 Å². The fraction of sp³-hybridized carbons (Fsp3) is 0.0870. The molecule has 4 rings (SSSR count). The fourth-order valence-corrected chi connectivity index (χ4v) is 4.94. The molecule has 1 aliphatic heterocycles. The molecule has 2 heterocycles. The number of methoxy groups -OCH3 is 1. The normalized spacial score (nSPS) is 16.0. The molecule has 1 aliphatic rings. The van der Waals surface area contributed by atoms with E-state index in [9.17, 15) is 14.9 Å². The molecule has 0 fully saturated rings. The predicted molar refractivity (Wildman–Crippen MR) is 125 cm³/mol. The van der Waals surface area contributed by atoms with Gasteiger partial charge in [-0.15, -0.1) is 11.3 Å². The number of fused-ring (bicyclic) bond motifs is 1. The number of ether oxygens (including phenoxy) is 1. The highest BCUT2D eigenvalue weighted by Crippen LogP contribution is 2.36. The van der Waals surface area contributed by atoms with Crippen LogP contribution in [-0.2, 0) is 9.53 Å². The van der Waals surface area contributed by atoms with E-state index in [1.54, 1.807) is 54.6 Å². The van der Waals surface area contributed by atoms with Crippen LogP contribution in [0.1, 0.15) is 17.0 Å². The maximum atomic E-state index is 13.2. The summed E-state index contributed by atoms with van der Waals surface area (Å²) in [5, 5.41) is 11.1. The van der Waals surface area contributed by atoms with Gasteiger partial charge >= 0.3 is 5.97 Å². The average Bonchev–Trinajstić information content (AvgIpc) is 3.11. The molecule has 0 aliphatic carbocycles. The molecule has 1 aromatic heterocycles. The largest absolute Gasteiger partial charge is 0.466 e. The number of hydrogen-bond acceptors (Lipinski definition) is 6. The molecule has 6 nitrogen and oxygen atoms in total. The first-order valence-electron chi connectivity index (χ1n) is 9.33. The smallest absolute Gasteiger partial charge is 0.338 e. The first-order chi connectivity index (χ1) is 15.3. The molecule has 1 unspecified atom stereocenters. The highest BCUT2D eigenvalue weighted by molar-refractivity contribution is 7.07. The zero-order valence-electron chi connectivity index (χ0n) is 16.6. The standard InChI is InChI=1S/C23H15Cl2N3O3S/c1-31-23(30)19-18(13-4-8-15(25)9-5-13)16(11-26)22-28(20(19)27)21(29)17(32-22)10-12-2-6-14(24)7-3-12/h2-10,18H,27H2,1H3. The van der Waals surface area contributed by atoms with Crippen molar-refractivity contribution in [3.63, 3.8) is 0 Å². The van der Waals surface area contributed by atoms with E-state index in [2.05, 4.69) is 6.07 Å². The van der Waals surface area contributed by atoms with E-state index in [4.69, 9.17) is 33.7 Å². The Morgan fingerprint density at radius 3 is 2.31 bits per heavy atom. The summed E-state index contributed by atoms with van der Waals surface area (Å²) in [6.07, 6.45) is 1.69. The number of nitrogens with two attached hydrogens (primary N) is 1. The summed E-state index contributed by atoms with van der Waals surface area (Å²) < 4.78 is 6.86. The lowest BCUT2D eigenvalue weighted by Crippen LogP contribution is -2.40. The molecule has 0 saturated carbocycles. The number of hydrogen-bond donors (Lipinski definition) is 1. The van der Waals surface area contributed by atoms with Crippen LogP contribution in [0.25, 0.3) is 17.5 Å². The molecule has 3 aromatic rings. The molecule has 9 heteroatoms. The van der Waals surface area contributed by atoms with Crippen molar-refractivity contribution >= 4 is 58.0 Å². The number of esters is 1. The van der Waals surface area contributed by atoms with Gasteiger partial charge in [0.2, 0.25) is 0 Å². The summed E-state index contributed by atoms with van der Waals surface area (Å²) in [5.41, 5.74) is 7.54. The predicted octanol–water partition coefficient (Wildman–Crippen LogP) is 2.82. The molecular weight excluding hydrogens is 469 g/mol. The molecule has 2 N–H and O–H groups in total. The minimum Gasteiger partial charge on any atom is -0.466 e. The van der Waals surface area contributed by atoms with Crippen LogP contribution in [0.3, 0.4) is 0 Å². The van der Waals surface area contributed by atoms with Crippen molar-refractivity contribution in [3.8, 4) is 6.07 Å². The second-order valence-corrected chi connectivity index (χ2v) is 8.81. The third-order valence-electron chi connectivity index (χ3n) is 5.05. The van der Waals surface area contributed by atoms with E-state index in [0.29, 0.717) is 24.8 Å². The van der Waals surface area contributed by atoms with Crippen LogP contribution in [0.2, 0.25) is 10.0 Å². The van der Waals surface area contributed by atoms with E-state index < -0.39 is 17.4 Å². The average molecular weight is 484 g/mol. The molecule has 160 valence electrons. The lowest BCUT2D eigenvalue weighted by molar-refractivity contribution is -0.136. The summed E-state index contributed by atoms with van der Waals surface area (Å²) in [7, 11) is 1.22. The molecule has 0 saturated heterocycles. The molecular formula is C23H15Cl2N3O3S. The Morgan fingerprint density at radius 2 is 1.75 bits per heavy atom. The Hall–Kier alpha value is -3.31. The van der Waals surface area contributed by atoms with Crippen molar-refractivity contribution in [2.24, 2.45) is 5.73 Å². The Balaban J connectivity index is 2.06. The van der Waals surface area contributed by atoms with Gasteiger partial charge in [-0.1, -0.05) is 47.5 Å². The molecule has 0 bridgehead atoms. The van der Waals surface area contributed by atoms with Crippen molar-refractivity contribution in [3.05, 3.63) is 94.8 Å². The lowest BCUT2D eigenvalue weighted by atomic mass is 9.84. The van der Waals surface area contributed by atoms with Crippen molar-refractivity contribution in [2.75, 3.05) is 7.11 Å². The van der Waals surface area contributed by atoms with Gasteiger partial charge in [0, 0.05) is 10.0 Å². The second-order valence-electron chi connectivity index (χ2n) is 6.91. The van der Waals surface area contributed by atoms with Crippen molar-refractivity contribution in [1.82, 2.24) is 4.57 Å². The van der Waals surface area contributed by atoms with Crippen LogP contribution < -0.4 is 20.5 Å². The minimum absolute atomic E-state index is 0.0248. The highest BCUT2D eigenvalue weighted by atomic mass is 35.5.